The Bertz CT molecular complexity index is 1940. The molecule has 0 saturated carbocycles. The number of aromatic nitrogens is 1. The highest BCUT2D eigenvalue weighted by atomic mass is 16.3. The number of hydrogen-bond donors (Lipinski definition) is 1. The van der Waals surface area contributed by atoms with Crippen molar-refractivity contribution in [1.29, 1.82) is 5.41 Å². The van der Waals surface area contributed by atoms with E-state index in [1.54, 1.807) is 6.21 Å². The second-order valence-electron chi connectivity index (χ2n) is 8.88. The van der Waals surface area contributed by atoms with Crippen molar-refractivity contribution in [2.75, 3.05) is 0 Å². The molecule has 0 aliphatic carbocycles. The lowest BCUT2D eigenvalue weighted by Crippen LogP contribution is -1.96. The maximum Gasteiger partial charge on any atom is 0.151 e. The summed E-state index contributed by atoms with van der Waals surface area (Å²) in [6, 6.07) is 38.9. The van der Waals surface area contributed by atoms with Crippen LogP contribution >= 0.6 is 0 Å². The van der Waals surface area contributed by atoms with Crippen LogP contribution in [-0.4, -0.2) is 16.6 Å². The van der Waals surface area contributed by atoms with Gasteiger partial charge in [0.15, 0.2) is 5.84 Å². The summed E-state index contributed by atoms with van der Waals surface area (Å²) in [5.74, 6) is 0.249. The van der Waals surface area contributed by atoms with Crippen molar-refractivity contribution < 1.29 is 4.42 Å². The number of nitrogens with zero attached hydrogens (tertiary/aromatic N) is 2. The molecule has 7 rings (SSSR count). The van der Waals surface area contributed by atoms with Crippen LogP contribution in [0.1, 0.15) is 11.1 Å². The van der Waals surface area contributed by atoms with Gasteiger partial charge in [-0.15, -0.1) is 0 Å². The maximum atomic E-state index is 8.22. The first-order valence-corrected chi connectivity index (χ1v) is 11.9. The quantitative estimate of drug-likeness (QED) is 0.209. The van der Waals surface area contributed by atoms with Crippen molar-refractivity contribution in [1.82, 2.24) is 4.57 Å². The predicted molar refractivity (Wildman–Crippen MR) is 149 cm³/mol. The molecule has 1 N–H and O–H groups in total. The van der Waals surface area contributed by atoms with Gasteiger partial charge in [-0.25, -0.2) is 4.99 Å². The van der Waals surface area contributed by atoms with Crippen molar-refractivity contribution in [3.05, 3.63) is 126 Å². The molecule has 36 heavy (non-hydrogen) atoms. The van der Waals surface area contributed by atoms with E-state index in [1.807, 2.05) is 54.6 Å². The van der Waals surface area contributed by atoms with Gasteiger partial charge in [0, 0.05) is 39.0 Å². The zero-order valence-electron chi connectivity index (χ0n) is 19.3. The Morgan fingerprint density at radius 3 is 2.19 bits per heavy atom. The van der Waals surface area contributed by atoms with Crippen LogP contribution in [0, 0.1) is 5.41 Å². The maximum absolute atomic E-state index is 8.22. The molecule has 0 aliphatic heterocycles. The number of para-hydroxylation sites is 2. The van der Waals surface area contributed by atoms with Crippen molar-refractivity contribution in [2.45, 2.75) is 0 Å². The average molecular weight is 464 g/mol. The summed E-state index contributed by atoms with van der Waals surface area (Å²) >= 11 is 0. The molecule has 0 fully saturated rings. The summed E-state index contributed by atoms with van der Waals surface area (Å²) in [5.41, 5.74) is 6.92. The molecule has 2 aromatic heterocycles. The Morgan fingerprint density at radius 2 is 1.36 bits per heavy atom. The number of benzene rings is 5. The van der Waals surface area contributed by atoms with Crippen molar-refractivity contribution in [2.24, 2.45) is 4.99 Å². The SMILES string of the molecule is N=C(/N=C/c1ccc(-n2c3ccccc3c3cc4oc5ccccc5c4cc32)cc1)c1ccccc1. The fourth-order valence-electron chi connectivity index (χ4n) is 4.98. The number of rotatable bonds is 3. The van der Waals surface area contributed by atoms with Crippen molar-refractivity contribution >= 4 is 55.8 Å². The molecule has 4 nitrogen and oxygen atoms in total. The third-order valence-electron chi connectivity index (χ3n) is 6.71. The van der Waals surface area contributed by atoms with Gasteiger partial charge in [0.1, 0.15) is 11.2 Å². The first kappa shape index (κ1) is 20.4. The van der Waals surface area contributed by atoms with Gasteiger partial charge in [0.2, 0.25) is 0 Å². The summed E-state index contributed by atoms with van der Waals surface area (Å²) in [5, 5.41) is 12.8. The summed E-state index contributed by atoms with van der Waals surface area (Å²) in [6.45, 7) is 0. The van der Waals surface area contributed by atoms with Gasteiger partial charge in [-0.05, 0) is 42.0 Å². The summed E-state index contributed by atoms with van der Waals surface area (Å²) in [6.07, 6.45) is 1.74. The predicted octanol–water partition coefficient (Wildman–Crippen LogP) is 8.13. The standard InChI is InChI=1S/C32H21N3O/c33-32(22-8-2-1-3-9-22)34-20-21-14-16-23(17-15-21)35-28-12-6-4-10-24(28)26-19-31-27(18-29(26)35)25-11-5-7-13-30(25)36-31/h1-20,33H/b33-32?,34-20+. The highest BCUT2D eigenvalue weighted by Crippen LogP contribution is 2.38. The molecular weight excluding hydrogens is 442 g/mol. The number of fused-ring (bicyclic) bond motifs is 6. The van der Waals surface area contributed by atoms with E-state index in [-0.39, 0.29) is 5.84 Å². The Morgan fingerprint density at radius 1 is 0.639 bits per heavy atom. The number of amidine groups is 1. The van der Waals surface area contributed by atoms with Crippen LogP contribution in [0.3, 0.4) is 0 Å². The van der Waals surface area contributed by atoms with Crippen LogP contribution in [0.5, 0.6) is 0 Å². The summed E-state index contributed by atoms with van der Waals surface area (Å²) in [4.78, 5) is 4.36. The number of furan rings is 1. The van der Waals surface area contributed by atoms with Gasteiger partial charge in [0.25, 0.3) is 0 Å². The minimum Gasteiger partial charge on any atom is -0.456 e. The van der Waals surface area contributed by atoms with E-state index in [4.69, 9.17) is 9.83 Å². The van der Waals surface area contributed by atoms with E-state index < -0.39 is 0 Å². The van der Waals surface area contributed by atoms with Gasteiger partial charge < -0.3 is 8.98 Å². The van der Waals surface area contributed by atoms with Gasteiger partial charge in [-0.2, -0.15) is 0 Å². The zero-order chi connectivity index (χ0) is 24.1. The molecule has 170 valence electrons. The summed E-state index contributed by atoms with van der Waals surface area (Å²) < 4.78 is 8.48. The molecule has 0 spiro atoms. The van der Waals surface area contributed by atoms with E-state index in [2.05, 4.69) is 70.2 Å². The first-order valence-electron chi connectivity index (χ1n) is 11.9. The molecule has 0 atom stereocenters. The van der Waals surface area contributed by atoms with Crippen LogP contribution < -0.4 is 0 Å². The molecule has 0 bridgehead atoms. The second-order valence-corrected chi connectivity index (χ2v) is 8.88. The van der Waals surface area contributed by atoms with Gasteiger partial charge in [-0.3, -0.25) is 5.41 Å². The Kier molecular flexibility index (Phi) is 4.57. The normalized spacial score (nSPS) is 11.9. The van der Waals surface area contributed by atoms with Crippen LogP contribution in [0.15, 0.2) is 125 Å². The van der Waals surface area contributed by atoms with Crippen LogP contribution in [-0.2, 0) is 0 Å². The van der Waals surface area contributed by atoms with E-state index in [9.17, 15) is 0 Å². The molecular formula is C32H21N3O. The minimum absolute atomic E-state index is 0.249. The molecule has 0 amide bonds. The molecule has 7 aromatic rings. The number of hydrogen-bond acceptors (Lipinski definition) is 2. The first-order chi connectivity index (χ1) is 17.8. The third-order valence-corrected chi connectivity index (χ3v) is 6.71. The van der Waals surface area contributed by atoms with Crippen LogP contribution in [0.4, 0.5) is 0 Å². The van der Waals surface area contributed by atoms with E-state index in [0.717, 1.165) is 49.8 Å². The highest BCUT2D eigenvalue weighted by molar-refractivity contribution is 6.17. The smallest absolute Gasteiger partial charge is 0.151 e. The lowest BCUT2D eigenvalue weighted by Gasteiger charge is -2.08. The van der Waals surface area contributed by atoms with Gasteiger partial charge >= 0.3 is 0 Å². The molecule has 0 saturated heterocycles. The molecule has 0 unspecified atom stereocenters. The number of aliphatic imine (C=N–C) groups is 1. The fourth-order valence-corrected chi connectivity index (χ4v) is 4.98. The Labute approximate surface area is 207 Å². The Hall–Kier alpha value is -4.96. The van der Waals surface area contributed by atoms with Crippen LogP contribution in [0.2, 0.25) is 0 Å². The highest BCUT2D eigenvalue weighted by Gasteiger charge is 2.16. The topological polar surface area (TPSA) is 54.3 Å². The number of nitrogens with one attached hydrogen (secondary N) is 1. The van der Waals surface area contributed by atoms with E-state index >= 15 is 0 Å². The second kappa shape index (κ2) is 8.07. The van der Waals surface area contributed by atoms with Crippen LogP contribution in [0.25, 0.3) is 49.4 Å². The molecule has 0 radical (unpaired) electrons. The van der Waals surface area contributed by atoms with E-state index in [1.165, 1.54) is 10.8 Å². The van der Waals surface area contributed by atoms with E-state index in [0.29, 0.717) is 0 Å². The van der Waals surface area contributed by atoms with Gasteiger partial charge in [0.05, 0.1) is 11.0 Å². The van der Waals surface area contributed by atoms with Crippen molar-refractivity contribution in [3.63, 3.8) is 0 Å². The largest absolute Gasteiger partial charge is 0.456 e. The zero-order valence-corrected chi connectivity index (χ0v) is 19.3. The Balaban J connectivity index is 1.35. The monoisotopic (exact) mass is 463 g/mol. The summed E-state index contributed by atoms with van der Waals surface area (Å²) in [7, 11) is 0. The molecule has 4 heteroatoms. The van der Waals surface area contributed by atoms with Gasteiger partial charge in [-0.1, -0.05) is 78.9 Å². The lowest BCUT2D eigenvalue weighted by molar-refractivity contribution is 0.669. The lowest BCUT2D eigenvalue weighted by atomic mass is 10.1. The average Bonchev–Trinajstić information content (AvgIpc) is 3.46. The molecule has 0 aliphatic rings. The van der Waals surface area contributed by atoms with Crippen molar-refractivity contribution in [3.8, 4) is 5.69 Å². The molecule has 5 aromatic carbocycles. The third kappa shape index (κ3) is 3.23. The minimum atomic E-state index is 0.249. The fraction of sp³-hybridized carbons (Fsp3) is 0. The molecule has 2 heterocycles.